The number of hydrogen-bond acceptors (Lipinski definition) is 2. The van der Waals surface area contributed by atoms with Crippen molar-refractivity contribution >= 4 is 11.6 Å². The van der Waals surface area contributed by atoms with Crippen LogP contribution in [-0.2, 0) is 9.47 Å². The van der Waals surface area contributed by atoms with E-state index in [4.69, 9.17) is 21.1 Å². The molecule has 0 aliphatic heterocycles. The monoisotopic (exact) mass is 310 g/mol. The highest BCUT2D eigenvalue weighted by atomic mass is 35.5. The van der Waals surface area contributed by atoms with Crippen molar-refractivity contribution in [3.05, 3.63) is 35.9 Å². The third-order valence-corrected chi connectivity index (χ3v) is 5.03. The standard InChI is InChI=1S/C18H27ClO2/c1-20-12-13-21-11-5-8-17-14-16(9-10-18(17)19)15-6-3-2-4-7-15/h2-4,6-7,16-18H,5,8-14H2,1H3. The van der Waals surface area contributed by atoms with Crippen LogP contribution in [0.1, 0.15) is 43.6 Å². The fourth-order valence-electron chi connectivity index (χ4n) is 3.25. The summed E-state index contributed by atoms with van der Waals surface area (Å²) in [5, 5.41) is 0.337. The molecule has 0 N–H and O–H groups in total. The maximum atomic E-state index is 6.54. The zero-order valence-corrected chi connectivity index (χ0v) is 13.7. The molecular weight excluding hydrogens is 284 g/mol. The lowest BCUT2D eigenvalue weighted by Gasteiger charge is -2.33. The summed E-state index contributed by atoms with van der Waals surface area (Å²) in [6.45, 7) is 2.19. The Hall–Kier alpha value is -0.570. The molecule has 0 aromatic heterocycles. The molecule has 1 aromatic carbocycles. The van der Waals surface area contributed by atoms with Gasteiger partial charge in [-0.2, -0.15) is 0 Å². The van der Waals surface area contributed by atoms with Crippen molar-refractivity contribution in [2.75, 3.05) is 26.9 Å². The van der Waals surface area contributed by atoms with Crippen molar-refractivity contribution in [3.8, 4) is 0 Å². The van der Waals surface area contributed by atoms with E-state index in [1.165, 1.54) is 24.8 Å². The smallest absolute Gasteiger partial charge is 0.0700 e. The summed E-state index contributed by atoms with van der Waals surface area (Å²) >= 11 is 6.54. The molecule has 1 aliphatic carbocycles. The van der Waals surface area contributed by atoms with Crippen molar-refractivity contribution in [2.45, 2.75) is 43.4 Å². The van der Waals surface area contributed by atoms with E-state index in [1.807, 2.05) is 0 Å². The largest absolute Gasteiger partial charge is 0.382 e. The van der Waals surface area contributed by atoms with Gasteiger partial charge in [-0.25, -0.2) is 0 Å². The minimum absolute atomic E-state index is 0.337. The maximum Gasteiger partial charge on any atom is 0.0700 e. The average Bonchev–Trinajstić information content (AvgIpc) is 2.53. The number of rotatable bonds is 8. The van der Waals surface area contributed by atoms with E-state index in [0.29, 0.717) is 30.4 Å². The van der Waals surface area contributed by atoms with Gasteiger partial charge in [-0.05, 0) is 49.5 Å². The Kier molecular flexibility index (Phi) is 7.56. The molecular formula is C18H27ClO2. The predicted molar refractivity (Wildman–Crippen MR) is 88.1 cm³/mol. The molecule has 0 saturated heterocycles. The second kappa shape index (κ2) is 9.45. The number of alkyl halides is 1. The van der Waals surface area contributed by atoms with Crippen LogP contribution in [0, 0.1) is 5.92 Å². The quantitative estimate of drug-likeness (QED) is 0.515. The fraction of sp³-hybridized carbons (Fsp3) is 0.667. The molecule has 21 heavy (non-hydrogen) atoms. The summed E-state index contributed by atoms with van der Waals surface area (Å²) in [4.78, 5) is 0. The highest BCUT2D eigenvalue weighted by Gasteiger charge is 2.29. The van der Waals surface area contributed by atoms with Gasteiger partial charge in [0.25, 0.3) is 0 Å². The molecule has 0 spiro atoms. The van der Waals surface area contributed by atoms with Gasteiger partial charge in [-0.15, -0.1) is 11.6 Å². The molecule has 0 amide bonds. The van der Waals surface area contributed by atoms with Crippen molar-refractivity contribution in [2.24, 2.45) is 5.92 Å². The topological polar surface area (TPSA) is 18.5 Å². The second-order valence-electron chi connectivity index (χ2n) is 5.94. The fourth-order valence-corrected chi connectivity index (χ4v) is 3.60. The minimum atomic E-state index is 0.337. The SMILES string of the molecule is COCCOCCCC1CC(c2ccccc2)CCC1Cl. The van der Waals surface area contributed by atoms with Gasteiger partial charge in [0.2, 0.25) is 0 Å². The summed E-state index contributed by atoms with van der Waals surface area (Å²) in [6.07, 6.45) is 5.84. The Morgan fingerprint density at radius 1 is 1.10 bits per heavy atom. The van der Waals surface area contributed by atoms with Crippen LogP contribution in [0.4, 0.5) is 0 Å². The van der Waals surface area contributed by atoms with Gasteiger partial charge in [0.15, 0.2) is 0 Å². The van der Waals surface area contributed by atoms with Crippen molar-refractivity contribution in [1.82, 2.24) is 0 Å². The molecule has 1 saturated carbocycles. The lowest BCUT2D eigenvalue weighted by Crippen LogP contribution is -2.25. The third-order valence-electron chi connectivity index (χ3n) is 4.46. The van der Waals surface area contributed by atoms with E-state index in [1.54, 1.807) is 7.11 Å². The van der Waals surface area contributed by atoms with E-state index in [2.05, 4.69) is 30.3 Å². The van der Waals surface area contributed by atoms with Crippen LogP contribution in [0.3, 0.4) is 0 Å². The van der Waals surface area contributed by atoms with Crippen molar-refractivity contribution < 1.29 is 9.47 Å². The molecule has 0 bridgehead atoms. The van der Waals surface area contributed by atoms with E-state index >= 15 is 0 Å². The molecule has 2 nitrogen and oxygen atoms in total. The average molecular weight is 311 g/mol. The summed E-state index contributed by atoms with van der Waals surface area (Å²) in [5.74, 6) is 1.30. The van der Waals surface area contributed by atoms with Gasteiger partial charge in [-0.3, -0.25) is 0 Å². The normalized spacial score (nSPS) is 25.9. The van der Waals surface area contributed by atoms with Gasteiger partial charge in [0.1, 0.15) is 0 Å². The van der Waals surface area contributed by atoms with Crippen LogP contribution in [0.15, 0.2) is 30.3 Å². The molecule has 1 aliphatic rings. The van der Waals surface area contributed by atoms with E-state index in [0.717, 1.165) is 19.4 Å². The van der Waals surface area contributed by atoms with Crippen molar-refractivity contribution in [3.63, 3.8) is 0 Å². The Morgan fingerprint density at radius 2 is 1.90 bits per heavy atom. The lowest BCUT2D eigenvalue weighted by atomic mass is 9.76. The first-order valence-corrected chi connectivity index (χ1v) is 8.50. The number of halogens is 1. The van der Waals surface area contributed by atoms with Crippen LogP contribution < -0.4 is 0 Å². The van der Waals surface area contributed by atoms with Gasteiger partial charge < -0.3 is 9.47 Å². The minimum Gasteiger partial charge on any atom is -0.382 e. The summed E-state index contributed by atoms with van der Waals surface area (Å²) in [7, 11) is 1.70. The molecule has 0 heterocycles. The summed E-state index contributed by atoms with van der Waals surface area (Å²) in [6, 6.07) is 10.9. The van der Waals surface area contributed by atoms with Crippen LogP contribution in [0.2, 0.25) is 0 Å². The van der Waals surface area contributed by atoms with Crippen molar-refractivity contribution in [1.29, 1.82) is 0 Å². The maximum absolute atomic E-state index is 6.54. The molecule has 2 rings (SSSR count). The lowest BCUT2D eigenvalue weighted by molar-refractivity contribution is 0.0663. The molecule has 0 radical (unpaired) electrons. The van der Waals surface area contributed by atoms with E-state index in [-0.39, 0.29) is 0 Å². The summed E-state index contributed by atoms with van der Waals surface area (Å²) < 4.78 is 10.5. The first-order valence-electron chi connectivity index (χ1n) is 8.07. The van der Waals surface area contributed by atoms with Crippen LogP contribution in [0.25, 0.3) is 0 Å². The van der Waals surface area contributed by atoms with E-state index in [9.17, 15) is 0 Å². The Balaban J connectivity index is 1.74. The first-order chi connectivity index (χ1) is 10.3. The Bertz CT molecular complexity index is 382. The zero-order valence-electron chi connectivity index (χ0n) is 13.0. The Morgan fingerprint density at radius 3 is 2.67 bits per heavy atom. The van der Waals surface area contributed by atoms with Gasteiger partial charge in [0.05, 0.1) is 13.2 Å². The Labute approximate surface area is 133 Å². The zero-order chi connectivity index (χ0) is 14.9. The molecule has 118 valence electrons. The van der Waals surface area contributed by atoms with Gasteiger partial charge in [-0.1, -0.05) is 30.3 Å². The highest BCUT2D eigenvalue weighted by Crippen LogP contribution is 2.40. The molecule has 1 fully saturated rings. The number of benzene rings is 1. The summed E-state index contributed by atoms with van der Waals surface area (Å²) in [5.41, 5.74) is 1.47. The molecule has 1 aromatic rings. The molecule has 3 unspecified atom stereocenters. The highest BCUT2D eigenvalue weighted by molar-refractivity contribution is 6.20. The van der Waals surface area contributed by atoms with Crippen LogP contribution in [-0.4, -0.2) is 32.3 Å². The van der Waals surface area contributed by atoms with E-state index < -0.39 is 0 Å². The number of hydrogen-bond donors (Lipinski definition) is 0. The first kappa shape index (κ1) is 16.8. The third kappa shape index (κ3) is 5.61. The predicted octanol–water partition coefficient (Wildman–Crippen LogP) is 4.62. The number of ether oxygens (including phenoxy) is 2. The molecule has 3 atom stereocenters. The van der Waals surface area contributed by atoms with Crippen LogP contribution in [0.5, 0.6) is 0 Å². The van der Waals surface area contributed by atoms with Gasteiger partial charge >= 0.3 is 0 Å². The van der Waals surface area contributed by atoms with Crippen LogP contribution >= 0.6 is 11.6 Å². The molecule has 3 heteroatoms. The van der Waals surface area contributed by atoms with Gasteiger partial charge in [0, 0.05) is 19.1 Å². The number of methoxy groups -OCH3 is 1. The second-order valence-corrected chi connectivity index (χ2v) is 6.50.